The maximum atomic E-state index is 12.6. The van der Waals surface area contributed by atoms with Gasteiger partial charge in [-0.2, -0.15) is 0 Å². The standard InChI is InChI=1S/C19H28N2O2/c1-20(17-4-2-3-5-17)19(23)16-6-8-18(9-7-16)21-12-10-15(14-22)11-13-21/h6-9,15,17,22H,2-5,10-14H2,1H3. The fraction of sp³-hybridized carbons (Fsp3) is 0.632. The molecule has 1 amide bonds. The van der Waals surface area contributed by atoms with Gasteiger partial charge in [-0.25, -0.2) is 0 Å². The van der Waals surface area contributed by atoms with Gasteiger partial charge >= 0.3 is 0 Å². The first-order valence-electron chi connectivity index (χ1n) is 8.92. The lowest BCUT2D eigenvalue weighted by molar-refractivity contribution is 0.0735. The van der Waals surface area contributed by atoms with E-state index < -0.39 is 0 Å². The van der Waals surface area contributed by atoms with Gasteiger partial charge in [0.15, 0.2) is 0 Å². The molecule has 2 aliphatic rings. The molecule has 1 aliphatic heterocycles. The molecular formula is C19H28N2O2. The number of anilines is 1. The van der Waals surface area contributed by atoms with E-state index >= 15 is 0 Å². The monoisotopic (exact) mass is 316 g/mol. The average Bonchev–Trinajstić information content (AvgIpc) is 3.15. The van der Waals surface area contributed by atoms with Crippen molar-refractivity contribution < 1.29 is 9.90 Å². The van der Waals surface area contributed by atoms with Crippen LogP contribution in [-0.2, 0) is 0 Å². The number of amides is 1. The molecule has 1 aliphatic carbocycles. The van der Waals surface area contributed by atoms with Gasteiger partial charge in [0.25, 0.3) is 5.91 Å². The van der Waals surface area contributed by atoms with Crippen molar-refractivity contribution in [1.29, 1.82) is 0 Å². The fourth-order valence-electron chi connectivity index (χ4n) is 3.85. The number of piperidine rings is 1. The highest BCUT2D eigenvalue weighted by atomic mass is 16.3. The Kier molecular flexibility index (Phi) is 5.21. The van der Waals surface area contributed by atoms with E-state index in [0.29, 0.717) is 18.6 Å². The predicted octanol–water partition coefficient (Wildman–Crippen LogP) is 2.91. The van der Waals surface area contributed by atoms with E-state index in [0.717, 1.165) is 44.3 Å². The Hall–Kier alpha value is -1.55. The molecule has 0 atom stereocenters. The van der Waals surface area contributed by atoms with E-state index in [-0.39, 0.29) is 5.91 Å². The summed E-state index contributed by atoms with van der Waals surface area (Å²) in [6.07, 6.45) is 6.85. The zero-order valence-corrected chi connectivity index (χ0v) is 14.1. The van der Waals surface area contributed by atoms with Gasteiger partial charge in [0, 0.05) is 44.0 Å². The molecule has 2 fully saturated rings. The van der Waals surface area contributed by atoms with Crippen molar-refractivity contribution >= 4 is 11.6 Å². The van der Waals surface area contributed by atoms with Gasteiger partial charge in [0.2, 0.25) is 0 Å². The van der Waals surface area contributed by atoms with Crippen LogP contribution in [0.4, 0.5) is 5.69 Å². The Balaban J connectivity index is 1.61. The first-order valence-corrected chi connectivity index (χ1v) is 8.92. The number of carbonyl (C=O) groups excluding carboxylic acids is 1. The zero-order valence-electron chi connectivity index (χ0n) is 14.1. The molecular weight excluding hydrogens is 288 g/mol. The summed E-state index contributed by atoms with van der Waals surface area (Å²) in [6, 6.07) is 8.46. The average molecular weight is 316 g/mol. The molecule has 3 rings (SSSR count). The molecule has 4 nitrogen and oxygen atoms in total. The second-order valence-corrected chi connectivity index (χ2v) is 7.01. The lowest BCUT2D eigenvalue weighted by Gasteiger charge is -2.33. The van der Waals surface area contributed by atoms with Crippen molar-refractivity contribution in [2.24, 2.45) is 5.92 Å². The number of aliphatic hydroxyl groups is 1. The lowest BCUT2D eigenvalue weighted by atomic mass is 9.97. The van der Waals surface area contributed by atoms with Crippen LogP contribution in [0.15, 0.2) is 24.3 Å². The molecule has 1 saturated carbocycles. The number of hydrogen-bond donors (Lipinski definition) is 1. The van der Waals surface area contributed by atoms with Crippen LogP contribution in [-0.4, -0.2) is 48.7 Å². The molecule has 1 heterocycles. The number of hydrogen-bond acceptors (Lipinski definition) is 3. The summed E-state index contributed by atoms with van der Waals surface area (Å²) in [4.78, 5) is 16.9. The van der Waals surface area contributed by atoms with Crippen molar-refractivity contribution in [1.82, 2.24) is 4.90 Å². The predicted molar refractivity (Wildman–Crippen MR) is 92.8 cm³/mol. The smallest absolute Gasteiger partial charge is 0.253 e. The molecule has 4 heteroatoms. The highest BCUT2D eigenvalue weighted by molar-refractivity contribution is 5.94. The number of nitrogens with zero attached hydrogens (tertiary/aromatic N) is 2. The molecule has 0 bridgehead atoms. The first-order chi connectivity index (χ1) is 11.2. The highest BCUT2D eigenvalue weighted by Crippen LogP contribution is 2.26. The molecule has 126 valence electrons. The molecule has 1 aromatic rings. The summed E-state index contributed by atoms with van der Waals surface area (Å²) in [5.41, 5.74) is 1.97. The number of aliphatic hydroxyl groups excluding tert-OH is 1. The Morgan fingerprint density at radius 3 is 2.30 bits per heavy atom. The third kappa shape index (κ3) is 3.69. The van der Waals surface area contributed by atoms with Gasteiger partial charge in [-0.3, -0.25) is 4.79 Å². The second kappa shape index (κ2) is 7.35. The largest absolute Gasteiger partial charge is 0.396 e. The summed E-state index contributed by atoms with van der Waals surface area (Å²) < 4.78 is 0. The minimum Gasteiger partial charge on any atom is -0.396 e. The summed E-state index contributed by atoms with van der Waals surface area (Å²) in [5.74, 6) is 0.592. The Bertz CT molecular complexity index is 515. The number of carbonyl (C=O) groups is 1. The molecule has 0 radical (unpaired) electrons. The maximum Gasteiger partial charge on any atom is 0.253 e. The SMILES string of the molecule is CN(C(=O)c1ccc(N2CCC(CO)CC2)cc1)C1CCCC1. The van der Waals surface area contributed by atoms with Crippen LogP contribution in [0.3, 0.4) is 0 Å². The first kappa shape index (κ1) is 16.3. The van der Waals surface area contributed by atoms with Crippen molar-refractivity contribution in [3.63, 3.8) is 0 Å². The van der Waals surface area contributed by atoms with Crippen LogP contribution in [0.1, 0.15) is 48.9 Å². The van der Waals surface area contributed by atoms with Gasteiger partial charge in [0.05, 0.1) is 0 Å². The topological polar surface area (TPSA) is 43.8 Å². The zero-order chi connectivity index (χ0) is 16.2. The van der Waals surface area contributed by atoms with Crippen molar-refractivity contribution in [2.45, 2.75) is 44.6 Å². The van der Waals surface area contributed by atoms with Crippen LogP contribution in [0, 0.1) is 5.92 Å². The molecule has 1 saturated heterocycles. The molecule has 1 N–H and O–H groups in total. The van der Waals surface area contributed by atoms with E-state index in [9.17, 15) is 9.90 Å². The van der Waals surface area contributed by atoms with Gasteiger partial charge in [-0.05, 0) is 55.9 Å². The van der Waals surface area contributed by atoms with Crippen LogP contribution in [0.5, 0.6) is 0 Å². The van der Waals surface area contributed by atoms with Crippen molar-refractivity contribution in [2.75, 3.05) is 31.6 Å². The minimum absolute atomic E-state index is 0.141. The van der Waals surface area contributed by atoms with E-state index in [1.54, 1.807) is 0 Å². The van der Waals surface area contributed by atoms with Gasteiger partial charge in [0.1, 0.15) is 0 Å². The molecule has 1 aromatic carbocycles. The lowest BCUT2D eigenvalue weighted by Crippen LogP contribution is -2.35. The van der Waals surface area contributed by atoms with E-state index in [1.165, 1.54) is 18.5 Å². The second-order valence-electron chi connectivity index (χ2n) is 7.01. The normalized spacial score (nSPS) is 20.0. The molecule has 0 spiro atoms. The molecule has 23 heavy (non-hydrogen) atoms. The summed E-state index contributed by atoms with van der Waals surface area (Å²) >= 11 is 0. The maximum absolute atomic E-state index is 12.6. The van der Waals surface area contributed by atoms with Crippen LogP contribution >= 0.6 is 0 Å². The van der Waals surface area contributed by atoms with Crippen LogP contribution in [0.2, 0.25) is 0 Å². The van der Waals surface area contributed by atoms with Gasteiger partial charge in [-0.1, -0.05) is 12.8 Å². The fourth-order valence-corrected chi connectivity index (χ4v) is 3.85. The van der Waals surface area contributed by atoms with E-state index in [4.69, 9.17) is 0 Å². The van der Waals surface area contributed by atoms with Crippen LogP contribution in [0.25, 0.3) is 0 Å². The minimum atomic E-state index is 0.141. The summed E-state index contributed by atoms with van der Waals surface area (Å²) in [7, 11) is 1.94. The third-order valence-electron chi connectivity index (χ3n) is 5.54. The molecule has 0 aromatic heterocycles. The summed E-state index contributed by atoms with van der Waals surface area (Å²) in [6.45, 7) is 2.27. The third-order valence-corrected chi connectivity index (χ3v) is 5.54. The summed E-state index contributed by atoms with van der Waals surface area (Å²) in [5, 5.41) is 9.23. The van der Waals surface area contributed by atoms with E-state index in [2.05, 4.69) is 17.0 Å². The van der Waals surface area contributed by atoms with Gasteiger partial charge < -0.3 is 14.9 Å². The van der Waals surface area contributed by atoms with Crippen molar-refractivity contribution in [3.05, 3.63) is 29.8 Å². The Morgan fingerprint density at radius 1 is 1.13 bits per heavy atom. The Morgan fingerprint density at radius 2 is 1.74 bits per heavy atom. The molecule has 0 unspecified atom stereocenters. The van der Waals surface area contributed by atoms with Crippen molar-refractivity contribution in [3.8, 4) is 0 Å². The van der Waals surface area contributed by atoms with E-state index in [1.807, 2.05) is 24.1 Å². The number of rotatable bonds is 4. The highest BCUT2D eigenvalue weighted by Gasteiger charge is 2.24. The quantitative estimate of drug-likeness (QED) is 0.929. The Labute approximate surface area is 139 Å². The van der Waals surface area contributed by atoms with Crippen LogP contribution < -0.4 is 4.90 Å². The van der Waals surface area contributed by atoms with Gasteiger partial charge in [-0.15, -0.1) is 0 Å². The number of benzene rings is 1.